The normalized spacial score (nSPS) is 13.5. The van der Waals surface area contributed by atoms with Crippen LogP contribution in [-0.4, -0.2) is 16.8 Å². The third kappa shape index (κ3) is 2.86. The number of furan rings is 1. The monoisotopic (exact) mass is 198 g/mol. The molecule has 0 amide bonds. The van der Waals surface area contributed by atoms with Gasteiger partial charge in [-0.2, -0.15) is 0 Å². The molecule has 1 unspecified atom stereocenters. The second kappa shape index (κ2) is 5.17. The van der Waals surface area contributed by atoms with Crippen molar-refractivity contribution < 1.29 is 14.6 Å². The van der Waals surface area contributed by atoms with E-state index in [4.69, 9.17) is 9.52 Å². The number of aliphatic hydroxyl groups is 2. The van der Waals surface area contributed by atoms with E-state index in [2.05, 4.69) is 0 Å². The van der Waals surface area contributed by atoms with Gasteiger partial charge >= 0.3 is 0 Å². The first-order chi connectivity index (χ1) is 6.65. The maximum Gasteiger partial charge on any atom is 0.132 e. The summed E-state index contributed by atoms with van der Waals surface area (Å²) in [6.45, 7) is 4.06. The average molecular weight is 198 g/mol. The highest BCUT2D eigenvalue weighted by Crippen LogP contribution is 2.23. The molecule has 0 spiro atoms. The molecule has 1 atom stereocenters. The van der Waals surface area contributed by atoms with Gasteiger partial charge in [-0.1, -0.05) is 13.8 Å². The van der Waals surface area contributed by atoms with E-state index in [-0.39, 0.29) is 12.5 Å². The van der Waals surface area contributed by atoms with Crippen LogP contribution in [0.1, 0.15) is 37.9 Å². The van der Waals surface area contributed by atoms with E-state index in [1.54, 1.807) is 6.07 Å². The maximum absolute atomic E-state index is 9.69. The molecule has 3 heteroatoms. The number of rotatable bonds is 5. The number of hydrogen-bond donors (Lipinski definition) is 2. The van der Waals surface area contributed by atoms with E-state index < -0.39 is 6.10 Å². The lowest BCUT2D eigenvalue weighted by atomic mass is 10.1. The van der Waals surface area contributed by atoms with Gasteiger partial charge in [0, 0.05) is 13.0 Å². The van der Waals surface area contributed by atoms with Crippen molar-refractivity contribution >= 4 is 0 Å². The van der Waals surface area contributed by atoms with Crippen molar-refractivity contribution in [2.75, 3.05) is 6.61 Å². The van der Waals surface area contributed by atoms with Crippen LogP contribution in [0, 0.1) is 5.92 Å². The Morgan fingerprint density at radius 2 is 2.07 bits per heavy atom. The molecule has 1 aromatic heterocycles. The molecule has 2 N–H and O–H groups in total. The molecular weight excluding hydrogens is 180 g/mol. The maximum atomic E-state index is 9.69. The molecule has 1 rings (SSSR count). The Bertz CT molecular complexity index is 265. The highest BCUT2D eigenvalue weighted by atomic mass is 16.4. The molecule has 0 aliphatic carbocycles. The Morgan fingerprint density at radius 3 is 2.64 bits per heavy atom. The Kier molecular flexibility index (Phi) is 4.17. The predicted octanol–water partition coefficient (Wildman–Crippen LogP) is 1.89. The molecule has 14 heavy (non-hydrogen) atoms. The highest BCUT2D eigenvalue weighted by molar-refractivity contribution is 5.09. The van der Waals surface area contributed by atoms with Crippen LogP contribution in [0.3, 0.4) is 0 Å². The first-order valence-electron chi connectivity index (χ1n) is 5.02. The summed E-state index contributed by atoms with van der Waals surface area (Å²) in [6.07, 6.45) is 0.893. The minimum absolute atomic E-state index is 0.159. The third-order valence-electron chi connectivity index (χ3n) is 2.19. The Hall–Kier alpha value is -0.800. The molecule has 1 aromatic rings. The van der Waals surface area contributed by atoms with Gasteiger partial charge < -0.3 is 14.6 Å². The van der Waals surface area contributed by atoms with Crippen molar-refractivity contribution in [3.05, 3.63) is 23.7 Å². The third-order valence-corrected chi connectivity index (χ3v) is 2.19. The number of aryl methyl sites for hydroxylation is 1. The van der Waals surface area contributed by atoms with E-state index in [1.807, 2.05) is 19.9 Å². The van der Waals surface area contributed by atoms with Gasteiger partial charge in [0.25, 0.3) is 0 Å². The summed E-state index contributed by atoms with van der Waals surface area (Å²) in [5.74, 6) is 1.61. The fourth-order valence-electron chi connectivity index (χ4n) is 1.27. The summed E-state index contributed by atoms with van der Waals surface area (Å²) in [5, 5.41) is 18.3. The quantitative estimate of drug-likeness (QED) is 0.759. The molecule has 0 radical (unpaired) electrons. The number of aliphatic hydroxyl groups excluding tert-OH is 2. The van der Waals surface area contributed by atoms with Gasteiger partial charge in [-0.25, -0.2) is 0 Å². The summed E-state index contributed by atoms with van der Waals surface area (Å²) in [7, 11) is 0. The van der Waals surface area contributed by atoms with Crippen LogP contribution in [0.5, 0.6) is 0 Å². The first kappa shape index (κ1) is 11.3. The number of hydrogen-bond acceptors (Lipinski definition) is 3. The predicted molar refractivity (Wildman–Crippen MR) is 53.9 cm³/mol. The van der Waals surface area contributed by atoms with E-state index in [9.17, 15) is 5.11 Å². The van der Waals surface area contributed by atoms with Crippen LogP contribution in [0.25, 0.3) is 0 Å². The lowest BCUT2D eigenvalue weighted by Gasteiger charge is -2.10. The molecule has 0 saturated carbocycles. The van der Waals surface area contributed by atoms with E-state index in [1.165, 1.54) is 0 Å². The fraction of sp³-hybridized carbons (Fsp3) is 0.636. The molecule has 0 aromatic carbocycles. The fourth-order valence-corrected chi connectivity index (χ4v) is 1.27. The van der Waals surface area contributed by atoms with Gasteiger partial charge in [0.1, 0.15) is 17.6 Å². The van der Waals surface area contributed by atoms with Crippen molar-refractivity contribution in [2.45, 2.75) is 32.8 Å². The Balaban J connectivity index is 2.58. The van der Waals surface area contributed by atoms with Gasteiger partial charge in [-0.3, -0.25) is 0 Å². The Labute approximate surface area is 84.4 Å². The second-order valence-electron chi connectivity index (χ2n) is 3.82. The van der Waals surface area contributed by atoms with Crippen LogP contribution >= 0.6 is 0 Å². The molecule has 0 aliphatic rings. The zero-order valence-electron chi connectivity index (χ0n) is 8.73. The molecule has 0 fully saturated rings. The standard InChI is InChI=1S/C11H18O3/c1-8(2)11(13)10-6-5-9(14-10)4-3-7-12/h5-6,8,11-13H,3-4,7H2,1-2H3. The zero-order chi connectivity index (χ0) is 10.6. The van der Waals surface area contributed by atoms with Gasteiger partial charge in [0.05, 0.1) is 0 Å². The van der Waals surface area contributed by atoms with Gasteiger partial charge in [-0.05, 0) is 24.5 Å². The second-order valence-corrected chi connectivity index (χ2v) is 3.82. The van der Waals surface area contributed by atoms with Crippen molar-refractivity contribution in [2.24, 2.45) is 5.92 Å². The molecule has 1 heterocycles. The lowest BCUT2D eigenvalue weighted by molar-refractivity contribution is 0.101. The van der Waals surface area contributed by atoms with Gasteiger partial charge in [0.2, 0.25) is 0 Å². The van der Waals surface area contributed by atoms with Crippen LogP contribution in [0.4, 0.5) is 0 Å². The SMILES string of the molecule is CC(C)C(O)c1ccc(CCCO)o1. The molecule has 80 valence electrons. The molecular formula is C11H18O3. The van der Waals surface area contributed by atoms with E-state index >= 15 is 0 Å². The summed E-state index contributed by atoms with van der Waals surface area (Å²) in [6, 6.07) is 3.66. The molecule has 0 aliphatic heterocycles. The van der Waals surface area contributed by atoms with Crippen molar-refractivity contribution in [1.29, 1.82) is 0 Å². The minimum Gasteiger partial charge on any atom is -0.463 e. The van der Waals surface area contributed by atoms with Crippen molar-refractivity contribution in [3.63, 3.8) is 0 Å². The van der Waals surface area contributed by atoms with Gasteiger partial charge in [-0.15, -0.1) is 0 Å². The topological polar surface area (TPSA) is 53.6 Å². The van der Waals surface area contributed by atoms with Gasteiger partial charge in [0.15, 0.2) is 0 Å². The Morgan fingerprint density at radius 1 is 1.36 bits per heavy atom. The summed E-state index contributed by atoms with van der Waals surface area (Å²) >= 11 is 0. The van der Waals surface area contributed by atoms with Crippen molar-refractivity contribution in [1.82, 2.24) is 0 Å². The summed E-state index contributed by atoms with van der Waals surface area (Å²) in [4.78, 5) is 0. The molecule has 0 saturated heterocycles. The lowest BCUT2D eigenvalue weighted by Crippen LogP contribution is -2.03. The highest BCUT2D eigenvalue weighted by Gasteiger charge is 2.15. The first-order valence-corrected chi connectivity index (χ1v) is 5.02. The zero-order valence-corrected chi connectivity index (χ0v) is 8.73. The summed E-state index contributed by atoms with van der Waals surface area (Å²) in [5.41, 5.74) is 0. The molecule has 3 nitrogen and oxygen atoms in total. The van der Waals surface area contributed by atoms with Crippen LogP contribution < -0.4 is 0 Å². The van der Waals surface area contributed by atoms with Crippen LogP contribution in [0.15, 0.2) is 16.5 Å². The largest absolute Gasteiger partial charge is 0.463 e. The smallest absolute Gasteiger partial charge is 0.132 e. The molecule has 0 bridgehead atoms. The minimum atomic E-state index is -0.530. The summed E-state index contributed by atoms with van der Waals surface area (Å²) < 4.78 is 5.45. The van der Waals surface area contributed by atoms with Crippen LogP contribution in [0.2, 0.25) is 0 Å². The van der Waals surface area contributed by atoms with E-state index in [0.717, 1.165) is 12.2 Å². The van der Waals surface area contributed by atoms with Crippen molar-refractivity contribution in [3.8, 4) is 0 Å². The van der Waals surface area contributed by atoms with E-state index in [0.29, 0.717) is 12.2 Å². The van der Waals surface area contributed by atoms with Crippen LogP contribution in [-0.2, 0) is 6.42 Å². The average Bonchev–Trinajstić information content (AvgIpc) is 2.61.